The Hall–Kier alpha value is -0.360. The van der Waals surface area contributed by atoms with E-state index in [9.17, 15) is 0 Å². The Labute approximate surface area is 110 Å². The lowest BCUT2D eigenvalue weighted by molar-refractivity contribution is -0.0193. The molecule has 1 aromatic rings. The number of likely N-dealkylation sites (N-methyl/N-ethyl adjacent to an activating group) is 1. The number of furan rings is 1. The first-order valence-electron chi connectivity index (χ1n) is 5.94. The largest absolute Gasteiger partial charge is 0.453 e. The van der Waals surface area contributed by atoms with Gasteiger partial charge in [-0.3, -0.25) is 0 Å². The van der Waals surface area contributed by atoms with Crippen molar-refractivity contribution in [1.82, 2.24) is 10.2 Å². The number of hydrogen-bond acceptors (Lipinski definition) is 4. The highest BCUT2D eigenvalue weighted by molar-refractivity contribution is 9.10. The van der Waals surface area contributed by atoms with Crippen molar-refractivity contribution in [2.24, 2.45) is 0 Å². The lowest BCUT2D eigenvalue weighted by Gasteiger charge is -2.30. The van der Waals surface area contributed by atoms with E-state index in [1.54, 1.807) is 0 Å². The topological polar surface area (TPSA) is 37.6 Å². The second-order valence-electron chi connectivity index (χ2n) is 4.53. The van der Waals surface area contributed by atoms with Crippen LogP contribution in [-0.2, 0) is 4.74 Å². The van der Waals surface area contributed by atoms with Crippen molar-refractivity contribution in [3.05, 3.63) is 22.6 Å². The molecule has 1 aliphatic heterocycles. The fraction of sp³-hybridized carbons (Fsp3) is 0.667. The molecule has 5 heteroatoms. The first kappa shape index (κ1) is 13.1. The third-order valence-electron chi connectivity index (χ3n) is 3.01. The van der Waals surface area contributed by atoms with Gasteiger partial charge in [-0.25, -0.2) is 0 Å². The highest BCUT2D eigenvalue weighted by atomic mass is 79.9. The van der Waals surface area contributed by atoms with E-state index in [-0.39, 0.29) is 12.1 Å². The molecule has 2 rings (SSSR count). The quantitative estimate of drug-likeness (QED) is 0.923. The number of hydrogen-bond donors (Lipinski definition) is 1. The van der Waals surface area contributed by atoms with Crippen molar-refractivity contribution in [2.45, 2.75) is 19.1 Å². The lowest BCUT2D eigenvalue weighted by Crippen LogP contribution is -2.45. The Morgan fingerprint density at radius 2 is 2.41 bits per heavy atom. The zero-order valence-electron chi connectivity index (χ0n) is 10.3. The maximum atomic E-state index is 5.70. The molecule has 17 heavy (non-hydrogen) atoms. The summed E-state index contributed by atoms with van der Waals surface area (Å²) in [5.41, 5.74) is 0. The van der Waals surface area contributed by atoms with Gasteiger partial charge in [-0.15, -0.1) is 0 Å². The van der Waals surface area contributed by atoms with Gasteiger partial charge in [0.15, 0.2) is 4.67 Å². The third kappa shape index (κ3) is 3.81. The van der Waals surface area contributed by atoms with Crippen LogP contribution in [0.25, 0.3) is 0 Å². The summed E-state index contributed by atoms with van der Waals surface area (Å²) in [6.45, 7) is 5.78. The van der Waals surface area contributed by atoms with Crippen LogP contribution < -0.4 is 5.32 Å². The van der Waals surface area contributed by atoms with Crippen molar-refractivity contribution in [3.8, 4) is 0 Å². The summed E-state index contributed by atoms with van der Waals surface area (Å²) in [5.74, 6) is 0.945. The molecule has 4 nitrogen and oxygen atoms in total. The lowest BCUT2D eigenvalue weighted by atomic mass is 10.2. The van der Waals surface area contributed by atoms with E-state index in [4.69, 9.17) is 9.15 Å². The van der Waals surface area contributed by atoms with Gasteiger partial charge >= 0.3 is 0 Å². The van der Waals surface area contributed by atoms with Gasteiger partial charge in [-0.1, -0.05) is 0 Å². The second kappa shape index (κ2) is 6.00. The summed E-state index contributed by atoms with van der Waals surface area (Å²) < 4.78 is 12.0. The molecule has 2 unspecified atom stereocenters. The number of ether oxygens (including phenoxy) is 1. The fourth-order valence-corrected chi connectivity index (χ4v) is 2.28. The summed E-state index contributed by atoms with van der Waals surface area (Å²) in [6.07, 6.45) is 0.273. The van der Waals surface area contributed by atoms with E-state index in [0.717, 1.165) is 36.7 Å². The Morgan fingerprint density at radius 1 is 1.59 bits per heavy atom. The molecule has 1 aromatic heterocycles. The number of rotatable bonds is 4. The van der Waals surface area contributed by atoms with Gasteiger partial charge in [0.1, 0.15) is 5.76 Å². The molecular formula is C12H19BrN2O2. The van der Waals surface area contributed by atoms with E-state index < -0.39 is 0 Å². The zero-order valence-corrected chi connectivity index (χ0v) is 11.9. The van der Waals surface area contributed by atoms with Gasteiger partial charge in [0, 0.05) is 19.6 Å². The van der Waals surface area contributed by atoms with E-state index in [1.165, 1.54) is 0 Å². The minimum absolute atomic E-state index is 0.206. The number of halogens is 1. The minimum atomic E-state index is 0.206. The molecule has 2 atom stereocenters. The van der Waals surface area contributed by atoms with Gasteiger partial charge in [0.25, 0.3) is 0 Å². The molecule has 96 valence electrons. The van der Waals surface area contributed by atoms with Crippen molar-refractivity contribution >= 4 is 15.9 Å². The molecule has 0 spiro atoms. The smallest absolute Gasteiger partial charge is 0.169 e. The van der Waals surface area contributed by atoms with Gasteiger partial charge in [0.05, 0.1) is 18.8 Å². The predicted octanol–water partition coefficient (Wildman–Crippen LogP) is 2.02. The van der Waals surface area contributed by atoms with E-state index in [0.29, 0.717) is 0 Å². The summed E-state index contributed by atoms with van der Waals surface area (Å²) in [7, 11) is 2.13. The van der Waals surface area contributed by atoms with Crippen molar-refractivity contribution in [1.29, 1.82) is 0 Å². The van der Waals surface area contributed by atoms with E-state index in [2.05, 4.69) is 40.1 Å². The van der Waals surface area contributed by atoms with Gasteiger partial charge in [-0.2, -0.15) is 0 Å². The maximum absolute atomic E-state index is 5.70. The van der Waals surface area contributed by atoms with Crippen LogP contribution in [0.1, 0.15) is 18.7 Å². The number of morpholine rings is 1. The van der Waals surface area contributed by atoms with Crippen molar-refractivity contribution in [2.75, 3.05) is 33.3 Å². The normalized spacial score (nSPS) is 23.8. The first-order chi connectivity index (χ1) is 8.15. The number of nitrogens with zero attached hydrogens (tertiary/aromatic N) is 1. The monoisotopic (exact) mass is 302 g/mol. The van der Waals surface area contributed by atoms with Crippen LogP contribution >= 0.6 is 15.9 Å². The summed E-state index contributed by atoms with van der Waals surface area (Å²) >= 11 is 3.31. The summed E-state index contributed by atoms with van der Waals surface area (Å²) in [6, 6.07) is 4.10. The zero-order chi connectivity index (χ0) is 12.3. The van der Waals surface area contributed by atoms with Crippen LogP contribution in [0.3, 0.4) is 0 Å². The SMILES string of the molecule is CC(NCC1CN(C)CCO1)c1ccc(Br)o1. The number of nitrogens with one attached hydrogen (secondary N) is 1. The minimum Gasteiger partial charge on any atom is -0.453 e. The van der Waals surface area contributed by atoms with Crippen molar-refractivity contribution in [3.63, 3.8) is 0 Å². The molecule has 0 radical (unpaired) electrons. The average Bonchev–Trinajstić information content (AvgIpc) is 2.73. The molecule has 1 saturated heterocycles. The molecular weight excluding hydrogens is 284 g/mol. The van der Waals surface area contributed by atoms with Gasteiger partial charge in [-0.05, 0) is 42.0 Å². The van der Waals surface area contributed by atoms with Crippen LogP contribution in [-0.4, -0.2) is 44.3 Å². The Bertz CT molecular complexity index is 356. The molecule has 1 aliphatic rings. The fourth-order valence-electron chi connectivity index (χ4n) is 1.96. The highest BCUT2D eigenvalue weighted by Crippen LogP contribution is 2.20. The van der Waals surface area contributed by atoms with Crippen LogP contribution in [0.4, 0.5) is 0 Å². The maximum Gasteiger partial charge on any atom is 0.169 e. The molecule has 0 saturated carbocycles. The van der Waals surface area contributed by atoms with Gasteiger partial charge in [0.2, 0.25) is 0 Å². The van der Waals surface area contributed by atoms with Crippen molar-refractivity contribution < 1.29 is 9.15 Å². The second-order valence-corrected chi connectivity index (χ2v) is 5.31. The van der Waals surface area contributed by atoms with Crippen LogP contribution in [0.2, 0.25) is 0 Å². The molecule has 0 bridgehead atoms. The van der Waals surface area contributed by atoms with Gasteiger partial charge < -0.3 is 19.4 Å². The Balaban J connectivity index is 1.77. The summed E-state index contributed by atoms with van der Waals surface area (Å²) in [5, 5.41) is 3.44. The summed E-state index contributed by atoms with van der Waals surface area (Å²) in [4.78, 5) is 2.30. The van der Waals surface area contributed by atoms with E-state index in [1.807, 2.05) is 12.1 Å². The molecule has 0 aliphatic carbocycles. The third-order valence-corrected chi connectivity index (χ3v) is 3.44. The molecule has 2 heterocycles. The highest BCUT2D eigenvalue weighted by Gasteiger charge is 2.19. The molecule has 1 N–H and O–H groups in total. The standard InChI is InChI=1S/C12H19BrN2O2/c1-9(11-3-4-12(13)17-11)14-7-10-8-15(2)5-6-16-10/h3-4,9-10,14H,5-8H2,1-2H3. The average molecular weight is 303 g/mol. The Morgan fingerprint density at radius 3 is 3.06 bits per heavy atom. The first-order valence-corrected chi connectivity index (χ1v) is 6.73. The predicted molar refractivity (Wildman–Crippen MR) is 70.1 cm³/mol. The molecule has 1 fully saturated rings. The van der Waals surface area contributed by atoms with Crippen LogP contribution in [0.5, 0.6) is 0 Å². The molecule has 0 aromatic carbocycles. The van der Waals surface area contributed by atoms with Crippen LogP contribution in [0, 0.1) is 0 Å². The van der Waals surface area contributed by atoms with Crippen LogP contribution in [0.15, 0.2) is 21.2 Å². The van der Waals surface area contributed by atoms with E-state index >= 15 is 0 Å². The Kier molecular flexibility index (Phi) is 4.62. The molecule has 0 amide bonds.